The van der Waals surface area contributed by atoms with Crippen molar-refractivity contribution in [1.29, 1.82) is 0 Å². The molecule has 110 valence electrons. The monoisotopic (exact) mass is 279 g/mol. The van der Waals surface area contributed by atoms with Gasteiger partial charge in [0.1, 0.15) is 6.54 Å². The number of hydrogen-bond acceptors (Lipinski definition) is 5. The molecule has 0 saturated carbocycles. The van der Waals surface area contributed by atoms with E-state index in [2.05, 4.69) is 12.2 Å². The molecule has 0 spiro atoms. The first kappa shape index (κ1) is 14.5. The zero-order valence-corrected chi connectivity index (χ0v) is 11.8. The minimum absolute atomic E-state index is 0.156. The molecule has 0 radical (unpaired) electrons. The van der Waals surface area contributed by atoms with Crippen LogP contribution in [0.3, 0.4) is 0 Å². The summed E-state index contributed by atoms with van der Waals surface area (Å²) in [5.41, 5.74) is 0.821. The van der Waals surface area contributed by atoms with Gasteiger partial charge in [-0.05, 0) is 18.6 Å². The molecule has 1 heterocycles. The van der Waals surface area contributed by atoms with Gasteiger partial charge in [0, 0.05) is 18.2 Å². The van der Waals surface area contributed by atoms with Crippen molar-refractivity contribution < 1.29 is 19.0 Å². The zero-order valence-electron chi connectivity index (χ0n) is 11.8. The minimum Gasteiger partial charge on any atom is -0.490 e. The van der Waals surface area contributed by atoms with Crippen LogP contribution in [0.5, 0.6) is 11.5 Å². The highest BCUT2D eigenvalue weighted by Gasteiger charge is 2.11. The maximum Gasteiger partial charge on any atom is 0.325 e. The average Bonchev–Trinajstić information content (AvgIpc) is 2.70. The first-order valence-electron chi connectivity index (χ1n) is 7.08. The van der Waals surface area contributed by atoms with Crippen molar-refractivity contribution in [2.45, 2.75) is 26.2 Å². The van der Waals surface area contributed by atoms with Gasteiger partial charge in [0.2, 0.25) is 0 Å². The summed E-state index contributed by atoms with van der Waals surface area (Å²) < 4.78 is 16.2. The number of ether oxygens (including phenoxy) is 3. The smallest absolute Gasteiger partial charge is 0.325 e. The second-order valence-electron chi connectivity index (χ2n) is 4.64. The molecule has 0 amide bonds. The summed E-state index contributed by atoms with van der Waals surface area (Å²) in [6, 6.07) is 5.57. The van der Waals surface area contributed by atoms with E-state index < -0.39 is 0 Å². The predicted molar refractivity (Wildman–Crippen MR) is 76.4 cm³/mol. The molecule has 0 aromatic heterocycles. The number of benzene rings is 1. The molecule has 0 fully saturated rings. The van der Waals surface area contributed by atoms with Gasteiger partial charge in [0.15, 0.2) is 11.5 Å². The van der Waals surface area contributed by atoms with Crippen LogP contribution in [-0.4, -0.2) is 32.3 Å². The molecular formula is C15H21NO4. The minimum atomic E-state index is -0.245. The number of nitrogens with one attached hydrogen (secondary N) is 1. The van der Waals surface area contributed by atoms with E-state index in [1.807, 2.05) is 18.2 Å². The van der Waals surface area contributed by atoms with Gasteiger partial charge in [0.05, 0.1) is 19.8 Å². The Bertz CT molecular complexity index is 447. The number of rotatable bonds is 6. The van der Waals surface area contributed by atoms with E-state index in [0.717, 1.165) is 30.7 Å². The van der Waals surface area contributed by atoms with Gasteiger partial charge in [-0.3, -0.25) is 4.79 Å². The van der Waals surface area contributed by atoms with Gasteiger partial charge in [-0.15, -0.1) is 0 Å². The third kappa shape index (κ3) is 4.33. The van der Waals surface area contributed by atoms with E-state index in [-0.39, 0.29) is 12.5 Å². The molecule has 0 saturated heterocycles. The van der Waals surface area contributed by atoms with Crippen molar-refractivity contribution in [3.05, 3.63) is 18.2 Å². The largest absolute Gasteiger partial charge is 0.490 e. The predicted octanol–water partition coefficient (Wildman–Crippen LogP) is 2.60. The second kappa shape index (κ2) is 7.62. The number of carbonyl (C=O) groups excluding carboxylic acids is 1. The number of fused-ring (bicyclic) bond motifs is 1. The van der Waals surface area contributed by atoms with Gasteiger partial charge < -0.3 is 19.5 Å². The van der Waals surface area contributed by atoms with E-state index in [9.17, 15) is 4.79 Å². The van der Waals surface area contributed by atoms with Crippen molar-refractivity contribution >= 4 is 11.7 Å². The van der Waals surface area contributed by atoms with Crippen LogP contribution >= 0.6 is 0 Å². The summed E-state index contributed by atoms with van der Waals surface area (Å²) in [5.74, 6) is 1.22. The van der Waals surface area contributed by atoms with E-state index >= 15 is 0 Å². The molecule has 2 rings (SSSR count). The Morgan fingerprint density at radius 1 is 1.30 bits per heavy atom. The Morgan fingerprint density at radius 2 is 2.10 bits per heavy atom. The molecule has 20 heavy (non-hydrogen) atoms. The van der Waals surface area contributed by atoms with Crippen LogP contribution < -0.4 is 14.8 Å². The van der Waals surface area contributed by atoms with Crippen molar-refractivity contribution in [3.8, 4) is 11.5 Å². The molecule has 0 bridgehead atoms. The molecule has 0 aliphatic carbocycles. The SMILES string of the molecule is CCCCOC(=O)CNc1ccc2c(c1)OCCCO2. The Kier molecular flexibility index (Phi) is 5.53. The summed E-state index contributed by atoms with van der Waals surface area (Å²) in [5, 5.41) is 3.03. The lowest BCUT2D eigenvalue weighted by atomic mass is 10.2. The van der Waals surface area contributed by atoms with Crippen LogP contribution in [0, 0.1) is 0 Å². The number of anilines is 1. The van der Waals surface area contributed by atoms with Gasteiger partial charge in [-0.25, -0.2) is 0 Å². The fourth-order valence-electron chi connectivity index (χ4n) is 1.83. The van der Waals surface area contributed by atoms with Crippen molar-refractivity contribution in [2.75, 3.05) is 31.7 Å². The Morgan fingerprint density at radius 3 is 2.90 bits per heavy atom. The van der Waals surface area contributed by atoms with Crippen LogP contribution in [0.15, 0.2) is 18.2 Å². The van der Waals surface area contributed by atoms with Crippen LogP contribution in [0.2, 0.25) is 0 Å². The standard InChI is InChI=1S/C15H21NO4/c1-2-3-7-20-15(17)11-16-12-5-6-13-14(10-12)19-9-4-8-18-13/h5-6,10,16H,2-4,7-9,11H2,1H3. The highest BCUT2D eigenvalue weighted by Crippen LogP contribution is 2.32. The Hall–Kier alpha value is -1.91. The van der Waals surface area contributed by atoms with E-state index in [1.54, 1.807) is 0 Å². The average molecular weight is 279 g/mol. The molecule has 1 aromatic carbocycles. The van der Waals surface area contributed by atoms with Crippen molar-refractivity contribution in [3.63, 3.8) is 0 Å². The zero-order chi connectivity index (χ0) is 14.2. The fraction of sp³-hybridized carbons (Fsp3) is 0.533. The second-order valence-corrected chi connectivity index (χ2v) is 4.64. The molecule has 0 unspecified atom stereocenters. The van der Waals surface area contributed by atoms with Crippen molar-refractivity contribution in [2.24, 2.45) is 0 Å². The third-order valence-corrected chi connectivity index (χ3v) is 2.95. The highest BCUT2D eigenvalue weighted by molar-refractivity contribution is 5.75. The number of hydrogen-bond donors (Lipinski definition) is 1. The van der Waals surface area contributed by atoms with Crippen LogP contribution in [0.25, 0.3) is 0 Å². The normalized spacial score (nSPS) is 13.4. The maximum atomic E-state index is 11.5. The maximum absolute atomic E-state index is 11.5. The molecule has 1 aliphatic heterocycles. The van der Waals surface area contributed by atoms with Gasteiger partial charge >= 0.3 is 5.97 Å². The lowest BCUT2D eigenvalue weighted by Crippen LogP contribution is -2.17. The first-order chi connectivity index (χ1) is 9.79. The highest BCUT2D eigenvalue weighted by atomic mass is 16.5. The summed E-state index contributed by atoms with van der Waals surface area (Å²) in [7, 11) is 0. The molecule has 5 nitrogen and oxygen atoms in total. The Labute approximate surface area is 119 Å². The molecule has 1 aromatic rings. The van der Waals surface area contributed by atoms with Gasteiger partial charge in [-0.2, -0.15) is 0 Å². The summed E-state index contributed by atoms with van der Waals surface area (Å²) >= 11 is 0. The number of esters is 1. The van der Waals surface area contributed by atoms with Crippen LogP contribution in [0.4, 0.5) is 5.69 Å². The van der Waals surface area contributed by atoms with Crippen LogP contribution in [0.1, 0.15) is 26.2 Å². The fourth-order valence-corrected chi connectivity index (χ4v) is 1.83. The quantitative estimate of drug-likeness (QED) is 0.640. The van der Waals surface area contributed by atoms with Gasteiger partial charge in [0.25, 0.3) is 0 Å². The lowest BCUT2D eigenvalue weighted by molar-refractivity contribution is -0.141. The number of unbranched alkanes of at least 4 members (excludes halogenated alkanes) is 1. The summed E-state index contributed by atoms with van der Waals surface area (Å²) in [4.78, 5) is 11.5. The van der Waals surface area contributed by atoms with Crippen molar-refractivity contribution in [1.82, 2.24) is 0 Å². The summed E-state index contributed by atoms with van der Waals surface area (Å²) in [6.07, 6.45) is 2.79. The van der Waals surface area contributed by atoms with E-state index in [0.29, 0.717) is 25.6 Å². The Balaban J connectivity index is 1.84. The molecule has 5 heteroatoms. The molecule has 0 atom stereocenters. The topological polar surface area (TPSA) is 56.8 Å². The number of carbonyl (C=O) groups is 1. The van der Waals surface area contributed by atoms with Gasteiger partial charge in [-0.1, -0.05) is 13.3 Å². The molecule has 1 aliphatic rings. The third-order valence-electron chi connectivity index (χ3n) is 2.95. The van der Waals surface area contributed by atoms with E-state index in [1.165, 1.54) is 0 Å². The molecule has 1 N–H and O–H groups in total. The molecular weight excluding hydrogens is 258 g/mol. The summed E-state index contributed by atoms with van der Waals surface area (Å²) in [6.45, 7) is 4.02. The van der Waals surface area contributed by atoms with E-state index in [4.69, 9.17) is 14.2 Å². The first-order valence-corrected chi connectivity index (χ1v) is 7.08. The van der Waals surface area contributed by atoms with Crippen LogP contribution in [-0.2, 0) is 9.53 Å². The lowest BCUT2D eigenvalue weighted by Gasteiger charge is -2.11.